The predicted molar refractivity (Wildman–Crippen MR) is 77.6 cm³/mol. The molecule has 1 amide bonds. The Bertz CT molecular complexity index is 641. The molecule has 0 heterocycles. The lowest BCUT2D eigenvalue weighted by atomic mass is 10.1. The number of amides is 1. The van der Waals surface area contributed by atoms with Crippen LogP contribution in [0.4, 0.5) is 14.5 Å². The van der Waals surface area contributed by atoms with Gasteiger partial charge in [-0.3, -0.25) is 4.79 Å². The summed E-state index contributed by atoms with van der Waals surface area (Å²) in [6.45, 7) is 2.51. The van der Waals surface area contributed by atoms with E-state index in [1.54, 1.807) is 29.2 Å². The number of rotatable bonds is 4. The van der Waals surface area contributed by atoms with Gasteiger partial charge in [0, 0.05) is 24.3 Å². The topological polar surface area (TPSA) is 46.3 Å². The minimum Gasteiger partial charge on any atom is -0.399 e. The maximum absolute atomic E-state index is 13.2. The van der Waals surface area contributed by atoms with Gasteiger partial charge in [-0.05, 0) is 48.9 Å². The van der Waals surface area contributed by atoms with Crippen LogP contribution < -0.4 is 5.73 Å². The second kappa shape index (κ2) is 6.35. The molecule has 0 saturated heterocycles. The molecule has 2 N–H and O–H groups in total. The van der Waals surface area contributed by atoms with Crippen molar-refractivity contribution in [3.63, 3.8) is 0 Å². The first-order chi connectivity index (χ1) is 10.0. The van der Waals surface area contributed by atoms with E-state index in [1.165, 1.54) is 6.07 Å². The minimum atomic E-state index is -0.913. The summed E-state index contributed by atoms with van der Waals surface area (Å²) in [5.74, 6) is -1.99. The van der Waals surface area contributed by atoms with E-state index >= 15 is 0 Å². The van der Waals surface area contributed by atoms with E-state index in [0.29, 0.717) is 23.4 Å². The van der Waals surface area contributed by atoms with E-state index in [4.69, 9.17) is 5.73 Å². The molecule has 21 heavy (non-hydrogen) atoms. The number of carbonyl (C=O) groups is 1. The van der Waals surface area contributed by atoms with Gasteiger partial charge >= 0.3 is 0 Å². The van der Waals surface area contributed by atoms with Crippen LogP contribution in [0.15, 0.2) is 42.5 Å². The number of benzene rings is 2. The Balaban J connectivity index is 2.17. The molecule has 0 aromatic heterocycles. The largest absolute Gasteiger partial charge is 0.399 e. The van der Waals surface area contributed by atoms with Crippen LogP contribution in [0.5, 0.6) is 0 Å². The summed E-state index contributed by atoms with van der Waals surface area (Å²) in [6, 6.07) is 10.2. The van der Waals surface area contributed by atoms with Gasteiger partial charge in [-0.1, -0.05) is 6.07 Å². The van der Waals surface area contributed by atoms with E-state index in [2.05, 4.69) is 0 Å². The van der Waals surface area contributed by atoms with Crippen LogP contribution in [0, 0.1) is 11.6 Å². The zero-order valence-corrected chi connectivity index (χ0v) is 11.6. The van der Waals surface area contributed by atoms with Crippen LogP contribution in [0.1, 0.15) is 22.8 Å². The third kappa shape index (κ3) is 3.56. The van der Waals surface area contributed by atoms with E-state index in [9.17, 15) is 13.6 Å². The first kappa shape index (κ1) is 15.0. The smallest absolute Gasteiger partial charge is 0.254 e. The van der Waals surface area contributed by atoms with Crippen molar-refractivity contribution in [2.45, 2.75) is 13.5 Å². The van der Waals surface area contributed by atoms with Crippen molar-refractivity contribution >= 4 is 11.6 Å². The summed E-state index contributed by atoms with van der Waals surface area (Å²) in [4.78, 5) is 13.9. The van der Waals surface area contributed by atoms with E-state index in [0.717, 1.165) is 12.1 Å². The maximum atomic E-state index is 13.2. The molecule has 110 valence electrons. The Morgan fingerprint density at radius 3 is 2.33 bits per heavy atom. The first-order valence-corrected chi connectivity index (χ1v) is 6.60. The number of nitrogen functional groups attached to an aromatic ring is 1. The molecule has 2 rings (SSSR count). The van der Waals surface area contributed by atoms with Crippen molar-refractivity contribution in [2.24, 2.45) is 0 Å². The molecule has 0 atom stereocenters. The lowest BCUT2D eigenvalue weighted by molar-refractivity contribution is 0.0752. The van der Waals surface area contributed by atoms with Crippen molar-refractivity contribution in [3.8, 4) is 0 Å². The van der Waals surface area contributed by atoms with Crippen LogP contribution in [0.25, 0.3) is 0 Å². The highest BCUT2D eigenvalue weighted by Gasteiger charge is 2.15. The average Bonchev–Trinajstić information content (AvgIpc) is 2.48. The zero-order chi connectivity index (χ0) is 15.4. The summed E-state index contributed by atoms with van der Waals surface area (Å²) in [6.07, 6.45) is 0. The van der Waals surface area contributed by atoms with Crippen LogP contribution in [0.2, 0.25) is 0 Å². The van der Waals surface area contributed by atoms with E-state index < -0.39 is 11.6 Å². The molecular weight excluding hydrogens is 274 g/mol. The Labute approximate surface area is 122 Å². The van der Waals surface area contributed by atoms with Gasteiger partial charge in [0.05, 0.1) is 0 Å². The van der Waals surface area contributed by atoms with Crippen LogP contribution >= 0.6 is 0 Å². The number of hydrogen-bond donors (Lipinski definition) is 1. The highest BCUT2D eigenvalue weighted by atomic mass is 19.2. The number of anilines is 1. The molecule has 0 aliphatic heterocycles. The number of carbonyl (C=O) groups excluding carboxylic acids is 1. The maximum Gasteiger partial charge on any atom is 0.254 e. The predicted octanol–water partition coefficient (Wildman–Crippen LogP) is 3.21. The normalized spacial score (nSPS) is 10.4. The fourth-order valence-electron chi connectivity index (χ4n) is 1.99. The molecule has 3 nitrogen and oxygen atoms in total. The highest BCUT2D eigenvalue weighted by Crippen LogP contribution is 2.14. The molecule has 0 unspecified atom stereocenters. The van der Waals surface area contributed by atoms with Gasteiger partial charge in [0.15, 0.2) is 11.6 Å². The number of halogens is 2. The standard InChI is InChI=1S/C16H16F2N2O/c1-2-20(10-11-3-8-14(17)15(18)9-11)16(21)12-4-6-13(19)7-5-12/h3-9H,2,10,19H2,1H3. The van der Waals surface area contributed by atoms with Crippen molar-refractivity contribution in [3.05, 3.63) is 65.2 Å². The summed E-state index contributed by atoms with van der Waals surface area (Å²) in [5, 5.41) is 0. The molecule has 0 saturated carbocycles. The molecule has 0 bridgehead atoms. The van der Waals surface area contributed by atoms with Gasteiger partial charge in [0.1, 0.15) is 0 Å². The van der Waals surface area contributed by atoms with Gasteiger partial charge < -0.3 is 10.6 Å². The van der Waals surface area contributed by atoms with Gasteiger partial charge in [-0.2, -0.15) is 0 Å². The number of hydrogen-bond acceptors (Lipinski definition) is 2. The molecule has 0 radical (unpaired) electrons. The summed E-state index contributed by atoms with van der Waals surface area (Å²) < 4.78 is 26.1. The van der Waals surface area contributed by atoms with Crippen molar-refractivity contribution < 1.29 is 13.6 Å². The Morgan fingerprint density at radius 1 is 1.10 bits per heavy atom. The monoisotopic (exact) mass is 290 g/mol. The van der Waals surface area contributed by atoms with Crippen LogP contribution in [-0.4, -0.2) is 17.4 Å². The molecule has 0 fully saturated rings. The Morgan fingerprint density at radius 2 is 1.76 bits per heavy atom. The SMILES string of the molecule is CCN(Cc1ccc(F)c(F)c1)C(=O)c1ccc(N)cc1. The third-order valence-electron chi connectivity index (χ3n) is 3.18. The second-order valence-electron chi connectivity index (χ2n) is 4.69. The van der Waals surface area contributed by atoms with Gasteiger partial charge in [0.25, 0.3) is 5.91 Å². The molecular formula is C16H16F2N2O. The minimum absolute atomic E-state index is 0.178. The third-order valence-corrected chi connectivity index (χ3v) is 3.18. The second-order valence-corrected chi connectivity index (χ2v) is 4.69. The van der Waals surface area contributed by atoms with Crippen molar-refractivity contribution in [2.75, 3.05) is 12.3 Å². The molecule has 0 aliphatic carbocycles. The Hall–Kier alpha value is -2.43. The first-order valence-electron chi connectivity index (χ1n) is 6.60. The Kier molecular flexibility index (Phi) is 4.52. The number of nitrogens with two attached hydrogens (primary N) is 1. The quantitative estimate of drug-likeness (QED) is 0.879. The van der Waals surface area contributed by atoms with E-state index in [-0.39, 0.29) is 12.5 Å². The summed E-state index contributed by atoms with van der Waals surface area (Å²) in [5.41, 5.74) is 7.22. The van der Waals surface area contributed by atoms with E-state index in [1.807, 2.05) is 6.92 Å². The number of nitrogens with zero attached hydrogens (tertiary/aromatic N) is 1. The van der Waals surface area contributed by atoms with Crippen LogP contribution in [-0.2, 0) is 6.54 Å². The molecule has 0 aliphatic rings. The average molecular weight is 290 g/mol. The molecule has 0 spiro atoms. The highest BCUT2D eigenvalue weighted by molar-refractivity contribution is 5.94. The molecule has 2 aromatic carbocycles. The summed E-state index contributed by atoms with van der Waals surface area (Å²) >= 11 is 0. The van der Waals surface area contributed by atoms with Gasteiger partial charge in [0.2, 0.25) is 0 Å². The van der Waals surface area contributed by atoms with Gasteiger partial charge in [-0.25, -0.2) is 8.78 Å². The molecule has 2 aromatic rings. The lowest BCUT2D eigenvalue weighted by Gasteiger charge is -2.21. The van der Waals surface area contributed by atoms with Gasteiger partial charge in [-0.15, -0.1) is 0 Å². The van der Waals surface area contributed by atoms with Crippen molar-refractivity contribution in [1.29, 1.82) is 0 Å². The molecule has 5 heteroatoms. The summed E-state index contributed by atoms with van der Waals surface area (Å²) in [7, 11) is 0. The fraction of sp³-hybridized carbons (Fsp3) is 0.188. The fourth-order valence-corrected chi connectivity index (χ4v) is 1.99. The lowest BCUT2D eigenvalue weighted by Crippen LogP contribution is -2.30. The zero-order valence-electron chi connectivity index (χ0n) is 11.6. The van der Waals surface area contributed by atoms with Crippen molar-refractivity contribution in [1.82, 2.24) is 4.90 Å². The van der Waals surface area contributed by atoms with Crippen LogP contribution in [0.3, 0.4) is 0 Å².